The van der Waals surface area contributed by atoms with Gasteiger partial charge in [-0.2, -0.15) is 0 Å². The molecule has 0 aliphatic carbocycles. The molecule has 0 atom stereocenters. The quantitative estimate of drug-likeness (QED) is 0.719. The molecule has 0 spiro atoms. The Labute approximate surface area is 128 Å². The predicted octanol–water partition coefficient (Wildman–Crippen LogP) is 2.25. The zero-order valence-corrected chi connectivity index (χ0v) is 12.1. The summed E-state index contributed by atoms with van der Waals surface area (Å²) in [4.78, 5) is 24.2. The summed E-state index contributed by atoms with van der Waals surface area (Å²) in [7, 11) is 0. The van der Waals surface area contributed by atoms with Gasteiger partial charge in [-0.05, 0) is 23.6 Å². The third-order valence-electron chi connectivity index (χ3n) is 2.73. The van der Waals surface area contributed by atoms with Crippen LogP contribution in [0.25, 0.3) is 10.6 Å². The second kappa shape index (κ2) is 6.27. The van der Waals surface area contributed by atoms with Gasteiger partial charge in [0.25, 0.3) is 0 Å². The Bertz CT molecular complexity index is 762. The summed E-state index contributed by atoms with van der Waals surface area (Å²) in [6, 6.07) is 8.88. The third kappa shape index (κ3) is 3.23. The summed E-state index contributed by atoms with van der Waals surface area (Å²) in [6.45, 7) is 0.121. The van der Waals surface area contributed by atoms with Crippen molar-refractivity contribution in [3.63, 3.8) is 0 Å². The number of furan rings is 1. The SMILES string of the molecule is O=C(NCc1ccc(-c2cccs2)o1)C(=O)Nc1ccon1. The van der Waals surface area contributed by atoms with Crippen molar-refractivity contribution >= 4 is 29.0 Å². The van der Waals surface area contributed by atoms with Crippen LogP contribution in [0, 0.1) is 0 Å². The van der Waals surface area contributed by atoms with E-state index in [1.807, 2.05) is 23.6 Å². The fourth-order valence-corrected chi connectivity index (χ4v) is 2.41. The minimum absolute atomic E-state index is 0.121. The lowest BCUT2D eigenvalue weighted by Gasteiger charge is -2.02. The molecule has 3 aromatic rings. The van der Waals surface area contributed by atoms with Crippen LogP contribution in [0.15, 0.2) is 50.9 Å². The van der Waals surface area contributed by atoms with Gasteiger partial charge in [-0.1, -0.05) is 11.2 Å². The average Bonchev–Trinajstić information content (AvgIpc) is 3.25. The maximum atomic E-state index is 11.7. The molecule has 0 bridgehead atoms. The van der Waals surface area contributed by atoms with Gasteiger partial charge in [-0.3, -0.25) is 14.9 Å². The van der Waals surface area contributed by atoms with E-state index in [4.69, 9.17) is 4.42 Å². The van der Waals surface area contributed by atoms with E-state index in [9.17, 15) is 9.59 Å². The van der Waals surface area contributed by atoms with Crippen LogP contribution in [-0.2, 0) is 16.1 Å². The number of hydrogen-bond acceptors (Lipinski definition) is 6. The van der Waals surface area contributed by atoms with Gasteiger partial charge in [-0.15, -0.1) is 11.3 Å². The van der Waals surface area contributed by atoms with Gasteiger partial charge in [0.1, 0.15) is 17.8 Å². The largest absolute Gasteiger partial charge is 0.458 e. The molecule has 7 nitrogen and oxygen atoms in total. The van der Waals surface area contributed by atoms with Crippen molar-refractivity contribution in [3.05, 3.63) is 47.7 Å². The fraction of sp³-hybridized carbons (Fsp3) is 0.0714. The first-order valence-corrected chi connectivity index (χ1v) is 7.22. The third-order valence-corrected chi connectivity index (χ3v) is 3.62. The number of carbonyl (C=O) groups is 2. The van der Waals surface area contributed by atoms with E-state index >= 15 is 0 Å². The van der Waals surface area contributed by atoms with E-state index in [1.165, 1.54) is 12.3 Å². The smallest absolute Gasteiger partial charge is 0.314 e. The van der Waals surface area contributed by atoms with Crippen molar-refractivity contribution in [3.8, 4) is 10.6 Å². The first kappa shape index (κ1) is 14.1. The molecule has 3 rings (SSSR count). The second-order valence-corrected chi connectivity index (χ2v) is 5.21. The number of nitrogens with one attached hydrogen (secondary N) is 2. The second-order valence-electron chi connectivity index (χ2n) is 4.26. The first-order chi connectivity index (χ1) is 10.7. The molecule has 3 heterocycles. The van der Waals surface area contributed by atoms with Gasteiger partial charge in [-0.25, -0.2) is 0 Å². The molecule has 0 fully saturated rings. The topological polar surface area (TPSA) is 97.4 Å². The minimum atomic E-state index is -0.820. The Morgan fingerprint density at radius 2 is 2.09 bits per heavy atom. The lowest BCUT2D eigenvalue weighted by atomic mass is 10.3. The van der Waals surface area contributed by atoms with Gasteiger partial charge < -0.3 is 14.3 Å². The Morgan fingerprint density at radius 1 is 1.18 bits per heavy atom. The van der Waals surface area contributed by atoms with E-state index in [0.717, 1.165) is 10.6 Å². The minimum Gasteiger partial charge on any atom is -0.458 e. The fourth-order valence-electron chi connectivity index (χ4n) is 1.72. The van der Waals surface area contributed by atoms with Crippen molar-refractivity contribution in [2.24, 2.45) is 0 Å². The molecular formula is C14H11N3O4S. The van der Waals surface area contributed by atoms with Crippen molar-refractivity contribution in [2.45, 2.75) is 6.54 Å². The van der Waals surface area contributed by atoms with Crippen LogP contribution >= 0.6 is 11.3 Å². The molecule has 112 valence electrons. The molecule has 0 radical (unpaired) electrons. The molecule has 22 heavy (non-hydrogen) atoms. The summed E-state index contributed by atoms with van der Waals surface area (Å²) in [5.74, 6) is -0.133. The van der Waals surface area contributed by atoms with Crippen molar-refractivity contribution < 1.29 is 18.5 Å². The summed E-state index contributed by atoms with van der Waals surface area (Å²) >= 11 is 1.56. The van der Waals surface area contributed by atoms with Gasteiger partial charge in [0.15, 0.2) is 5.82 Å². The van der Waals surface area contributed by atoms with E-state index in [2.05, 4.69) is 20.3 Å². The number of hydrogen-bond donors (Lipinski definition) is 2. The summed E-state index contributed by atoms with van der Waals surface area (Å²) in [5.41, 5.74) is 0. The number of carbonyl (C=O) groups excluding carboxylic acids is 2. The molecule has 2 N–H and O–H groups in total. The van der Waals surface area contributed by atoms with Crippen LogP contribution < -0.4 is 10.6 Å². The van der Waals surface area contributed by atoms with E-state index in [0.29, 0.717) is 5.76 Å². The van der Waals surface area contributed by atoms with Crippen LogP contribution in [0.5, 0.6) is 0 Å². The van der Waals surface area contributed by atoms with E-state index in [1.54, 1.807) is 17.4 Å². The van der Waals surface area contributed by atoms with Crippen LogP contribution in [0.3, 0.4) is 0 Å². The molecule has 0 aromatic carbocycles. The van der Waals surface area contributed by atoms with Gasteiger partial charge in [0.2, 0.25) is 0 Å². The van der Waals surface area contributed by atoms with Crippen LogP contribution in [-0.4, -0.2) is 17.0 Å². The molecule has 0 aliphatic heterocycles. The lowest BCUT2D eigenvalue weighted by molar-refractivity contribution is -0.136. The summed E-state index contributed by atoms with van der Waals surface area (Å²) < 4.78 is 10.2. The highest BCUT2D eigenvalue weighted by Crippen LogP contribution is 2.26. The molecular weight excluding hydrogens is 306 g/mol. The van der Waals surface area contributed by atoms with Crippen molar-refractivity contribution in [1.82, 2.24) is 10.5 Å². The van der Waals surface area contributed by atoms with Crippen LogP contribution in [0.4, 0.5) is 5.82 Å². The zero-order valence-electron chi connectivity index (χ0n) is 11.2. The summed E-state index contributed by atoms with van der Waals surface area (Å²) in [5, 5.41) is 10.2. The number of thiophene rings is 1. The maximum absolute atomic E-state index is 11.7. The van der Waals surface area contributed by atoms with Crippen LogP contribution in [0.1, 0.15) is 5.76 Å². The molecule has 0 saturated heterocycles. The van der Waals surface area contributed by atoms with Gasteiger partial charge in [0.05, 0.1) is 11.4 Å². The maximum Gasteiger partial charge on any atom is 0.314 e. The Hall–Kier alpha value is -2.87. The molecule has 0 unspecified atom stereocenters. The first-order valence-electron chi connectivity index (χ1n) is 6.34. The number of nitrogens with zero attached hydrogens (tertiary/aromatic N) is 1. The Balaban J connectivity index is 1.54. The van der Waals surface area contributed by atoms with E-state index < -0.39 is 11.8 Å². The Morgan fingerprint density at radius 3 is 2.82 bits per heavy atom. The van der Waals surface area contributed by atoms with Crippen molar-refractivity contribution in [2.75, 3.05) is 5.32 Å². The van der Waals surface area contributed by atoms with Gasteiger partial charge >= 0.3 is 11.8 Å². The monoisotopic (exact) mass is 317 g/mol. The number of aromatic nitrogens is 1. The molecule has 8 heteroatoms. The normalized spacial score (nSPS) is 10.4. The average molecular weight is 317 g/mol. The number of rotatable bonds is 4. The summed E-state index contributed by atoms with van der Waals surface area (Å²) in [6.07, 6.45) is 1.29. The van der Waals surface area contributed by atoms with E-state index in [-0.39, 0.29) is 12.4 Å². The number of anilines is 1. The highest BCUT2D eigenvalue weighted by Gasteiger charge is 2.15. The highest BCUT2D eigenvalue weighted by molar-refractivity contribution is 7.13. The molecule has 0 saturated carbocycles. The lowest BCUT2D eigenvalue weighted by Crippen LogP contribution is -2.34. The number of amides is 2. The van der Waals surface area contributed by atoms with Gasteiger partial charge in [0, 0.05) is 6.07 Å². The van der Waals surface area contributed by atoms with Crippen LogP contribution in [0.2, 0.25) is 0 Å². The zero-order chi connectivity index (χ0) is 15.4. The standard InChI is InChI=1S/C14H11N3O4S/c18-13(14(19)16-12-5-6-20-17-12)15-8-9-3-4-10(21-9)11-2-1-7-22-11/h1-7H,8H2,(H,15,18)(H,16,17,19). The Kier molecular flexibility index (Phi) is 4.01. The molecule has 2 amide bonds. The molecule has 0 aliphatic rings. The highest BCUT2D eigenvalue weighted by atomic mass is 32.1. The predicted molar refractivity (Wildman–Crippen MR) is 79.0 cm³/mol. The van der Waals surface area contributed by atoms with Crippen molar-refractivity contribution in [1.29, 1.82) is 0 Å². The molecule has 3 aromatic heterocycles.